The summed E-state index contributed by atoms with van der Waals surface area (Å²) >= 11 is 0. The number of fused-ring (bicyclic) bond motifs is 1. The normalized spacial score (nSPS) is 20.7. The third-order valence-electron chi connectivity index (χ3n) is 6.62. The molecule has 1 fully saturated rings. The van der Waals surface area contributed by atoms with Crippen LogP contribution in [0.25, 0.3) is 16.5 Å². The Labute approximate surface area is 187 Å². The smallest absolute Gasteiger partial charge is 0.279 e. The molecule has 4 rings (SSSR count). The summed E-state index contributed by atoms with van der Waals surface area (Å²) in [5.74, 6) is 1.72. The molecule has 168 valence electrons. The number of amides is 1. The van der Waals surface area contributed by atoms with Gasteiger partial charge in [0.1, 0.15) is 11.5 Å². The lowest BCUT2D eigenvalue weighted by Gasteiger charge is -2.34. The van der Waals surface area contributed by atoms with Crippen LogP contribution in [0.4, 0.5) is 0 Å². The van der Waals surface area contributed by atoms with Crippen LogP contribution in [-0.4, -0.2) is 35.9 Å². The number of methoxy groups -OCH3 is 2. The summed E-state index contributed by atoms with van der Waals surface area (Å²) < 4.78 is 11.9. The first-order valence-corrected chi connectivity index (χ1v) is 11.0. The summed E-state index contributed by atoms with van der Waals surface area (Å²) in [6, 6.07) is 12.3. The van der Waals surface area contributed by atoms with E-state index in [0.717, 1.165) is 12.8 Å². The quantitative estimate of drug-likeness (QED) is 0.656. The Morgan fingerprint density at radius 1 is 1.03 bits per heavy atom. The number of ether oxygens (including phenoxy) is 2. The van der Waals surface area contributed by atoms with Crippen molar-refractivity contribution in [1.29, 1.82) is 0 Å². The summed E-state index contributed by atoms with van der Waals surface area (Å²) in [7, 11) is 3.08. The zero-order valence-electron chi connectivity index (χ0n) is 18.9. The van der Waals surface area contributed by atoms with Gasteiger partial charge in [0.15, 0.2) is 5.69 Å². The molecular formula is C25H29N3O4. The molecule has 3 atom stereocenters. The van der Waals surface area contributed by atoms with Crippen LogP contribution in [0.15, 0.2) is 47.3 Å². The first-order valence-electron chi connectivity index (χ1n) is 11.0. The van der Waals surface area contributed by atoms with Crippen LogP contribution in [-0.2, 0) is 0 Å². The van der Waals surface area contributed by atoms with E-state index < -0.39 is 0 Å². The molecule has 2 aromatic carbocycles. The zero-order chi connectivity index (χ0) is 22.8. The highest BCUT2D eigenvalue weighted by Crippen LogP contribution is 2.30. The monoisotopic (exact) mass is 435 g/mol. The summed E-state index contributed by atoms with van der Waals surface area (Å²) in [5.41, 5.74) is 0.380. The SMILES string of the molecule is COc1cc(OC)cc(-n2nc(C(=O)NC3CCCC(C)C3C)c3ccccc3c2=O)c1. The van der Waals surface area contributed by atoms with E-state index in [1.807, 2.05) is 6.07 Å². The Balaban J connectivity index is 1.83. The summed E-state index contributed by atoms with van der Waals surface area (Å²) in [6.45, 7) is 4.41. The van der Waals surface area contributed by atoms with Gasteiger partial charge in [0.2, 0.25) is 0 Å². The van der Waals surface area contributed by atoms with Crippen LogP contribution in [0.3, 0.4) is 0 Å². The molecule has 0 spiro atoms. The van der Waals surface area contributed by atoms with Crippen molar-refractivity contribution in [3.8, 4) is 17.2 Å². The van der Waals surface area contributed by atoms with E-state index in [9.17, 15) is 9.59 Å². The van der Waals surface area contributed by atoms with E-state index in [1.165, 1.54) is 11.1 Å². The minimum Gasteiger partial charge on any atom is -0.497 e. The van der Waals surface area contributed by atoms with E-state index in [2.05, 4.69) is 24.3 Å². The molecule has 1 saturated carbocycles. The highest BCUT2D eigenvalue weighted by atomic mass is 16.5. The van der Waals surface area contributed by atoms with E-state index in [4.69, 9.17) is 9.47 Å². The number of nitrogens with one attached hydrogen (secondary N) is 1. The number of rotatable bonds is 5. The lowest BCUT2D eigenvalue weighted by atomic mass is 9.78. The number of carbonyl (C=O) groups is 1. The fourth-order valence-corrected chi connectivity index (χ4v) is 4.47. The molecule has 1 aliphatic rings. The first-order chi connectivity index (χ1) is 15.4. The highest BCUT2D eigenvalue weighted by Gasteiger charge is 2.29. The Morgan fingerprint density at radius 3 is 2.34 bits per heavy atom. The van der Waals surface area contributed by atoms with Gasteiger partial charge in [-0.05, 0) is 24.3 Å². The Hall–Kier alpha value is -3.35. The molecule has 1 aromatic heterocycles. The van der Waals surface area contributed by atoms with Crippen LogP contribution in [0, 0.1) is 11.8 Å². The van der Waals surface area contributed by atoms with Crippen molar-refractivity contribution in [3.05, 3.63) is 58.5 Å². The Morgan fingerprint density at radius 2 is 1.69 bits per heavy atom. The molecule has 1 amide bonds. The first kappa shape index (κ1) is 21.9. The number of nitrogens with zero attached hydrogens (tertiary/aromatic N) is 2. The molecule has 1 heterocycles. The Bertz CT molecular complexity index is 1180. The van der Waals surface area contributed by atoms with Crippen molar-refractivity contribution < 1.29 is 14.3 Å². The largest absolute Gasteiger partial charge is 0.497 e. The molecule has 0 saturated heterocycles. The number of carbonyl (C=O) groups excluding carboxylic acids is 1. The molecule has 3 unspecified atom stereocenters. The van der Waals surface area contributed by atoms with Gasteiger partial charge in [-0.2, -0.15) is 9.78 Å². The van der Waals surface area contributed by atoms with Gasteiger partial charge in [-0.3, -0.25) is 9.59 Å². The summed E-state index contributed by atoms with van der Waals surface area (Å²) in [4.78, 5) is 26.7. The van der Waals surface area contributed by atoms with Gasteiger partial charge in [-0.15, -0.1) is 0 Å². The molecule has 1 N–H and O–H groups in total. The third kappa shape index (κ3) is 4.07. The Kier molecular flexibility index (Phi) is 6.17. The van der Waals surface area contributed by atoms with E-state index >= 15 is 0 Å². The van der Waals surface area contributed by atoms with E-state index in [-0.39, 0.29) is 23.2 Å². The zero-order valence-corrected chi connectivity index (χ0v) is 18.9. The van der Waals surface area contributed by atoms with Gasteiger partial charge in [-0.25, -0.2) is 0 Å². The van der Waals surface area contributed by atoms with Crippen molar-refractivity contribution in [2.75, 3.05) is 14.2 Å². The molecule has 3 aromatic rings. The second-order valence-corrected chi connectivity index (χ2v) is 8.53. The topological polar surface area (TPSA) is 82.4 Å². The lowest BCUT2D eigenvalue weighted by molar-refractivity contribution is 0.0886. The average Bonchev–Trinajstić information content (AvgIpc) is 2.82. The van der Waals surface area contributed by atoms with Gasteiger partial charge in [0.05, 0.1) is 25.3 Å². The molecule has 0 aliphatic heterocycles. The van der Waals surface area contributed by atoms with Crippen molar-refractivity contribution in [2.45, 2.75) is 39.2 Å². The predicted molar refractivity (Wildman–Crippen MR) is 124 cm³/mol. The van der Waals surface area contributed by atoms with Crippen molar-refractivity contribution in [2.24, 2.45) is 11.8 Å². The average molecular weight is 436 g/mol. The van der Waals surface area contributed by atoms with Crippen molar-refractivity contribution in [1.82, 2.24) is 15.1 Å². The summed E-state index contributed by atoms with van der Waals surface area (Å²) in [5, 5.41) is 8.67. The molecule has 0 bridgehead atoms. The highest BCUT2D eigenvalue weighted by molar-refractivity contribution is 6.05. The second-order valence-electron chi connectivity index (χ2n) is 8.53. The maximum Gasteiger partial charge on any atom is 0.279 e. The number of hydrogen-bond acceptors (Lipinski definition) is 5. The standard InChI is InChI=1S/C25H29N3O4/c1-15-8-7-11-22(16(15)2)26-24(29)23-20-9-5-6-10-21(20)25(30)28(27-23)17-12-18(31-3)14-19(13-17)32-4/h5-6,9-10,12-16,22H,7-8,11H2,1-4H3,(H,26,29). The minimum atomic E-state index is -0.313. The van der Waals surface area contributed by atoms with Crippen molar-refractivity contribution >= 4 is 16.7 Å². The van der Waals surface area contributed by atoms with Crippen LogP contribution in [0.5, 0.6) is 11.5 Å². The molecule has 7 heteroatoms. The summed E-state index contributed by atoms with van der Waals surface area (Å²) in [6.07, 6.45) is 3.22. The minimum absolute atomic E-state index is 0.0871. The van der Waals surface area contributed by atoms with Crippen LogP contribution in [0.2, 0.25) is 0 Å². The number of aromatic nitrogens is 2. The van der Waals surface area contributed by atoms with Gasteiger partial charge < -0.3 is 14.8 Å². The van der Waals surface area contributed by atoms with Crippen LogP contribution in [0.1, 0.15) is 43.6 Å². The molecule has 32 heavy (non-hydrogen) atoms. The van der Waals surface area contributed by atoms with Gasteiger partial charge in [0, 0.05) is 29.6 Å². The molecular weight excluding hydrogens is 406 g/mol. The van der Waals surface area contributed by atoms with Gasteiger partial charge in [0.25, 0.3) is 11.5 Å². The fraction of sp³-hybridized carbons (Fsp3) is 0.400. The lowest BCUT2D eigenvalue weighted by Crippen LogP contribution is -2.44. The maximum atomic E-state index is 13.4. The van der Waals surface area contributed by atoms with Crippen LogP contribution >= 0.6 is 0 Å². The van der Waals surface area contributed by atoms with Gasteiger partial charge >= 0.3 is 0 Å². The molecule has 7 nitrogen and oxygen atoms in total. The van der Waals surface area contributed by atoms with Gasteiger partial charge in [-0.1, -0.05) is 44.9 Å². The number of hydrogen-bond donors (Lipinski definition) is 1. The molecule has 0 radical (unpaired) electrons. The van der Waals surface area contributed by atoms with Crippen LogP contribution < -0.4 is 20.3 Å². The molecule has 1 aliphatic carbocycles. The number of benzene rings is 2. The predicted octanol–water partition coefficient (Wildman–Crippen LogP) is 3.96. The second kappa shape index (κ2) is 9.02. The van der Waals surface area contributed by atoms with E-state index in [1.54, 1.807) is 50.6 Å². The maximum absolute atomic E-state index is 13.4. The third-order valence-corrected chi connectivity index (χ3v) is 6.62. The van der Waals surface area contributed by atoms with Crippen molar-refractivity contribution in [3.63, 3.8) is 0 Å². The fourth-order valence-electron chi connectivity index (χ4n) is 4.47. The van der Waals surface area contributed by atoms with E-state index in [0.29, 0.717) is 39.8 Å².